The highest BCUT2D eigenvalue weighted by atomic mass is 35.5. The number of thiazole rings is 1. The molecule has 0 saturated carbocycles. The third kappa shape index (κ3) is 4.92. The Labute approximate surface area is 218 Å². The molecule has 3 aliphatic heterocycles. The second-order valence-corrected chi connectivity index (χ2v) is 10.8. The number of ether oxygens (including phenoxy) is 2. The number of carbonyl (C=O) groups excluding carboxylic acids is 1. The number of morpholine rings is 1. The highest BCUT2D eigenvalue weighted by Crippen LogP contribution is 2.37. The molecule has 2 aromatic rings. The average Bonchev–Trinajstić information content (AvgIpc) is 3.38. The van der Waals surface area contributed by atoms with Gasteiger partial charge in [-0.05, 0) is 26.0 Å². The van der Waals surface area contributed by atoms with Crippen molar-refractivity contribution in [1.29, 1.82) is 0 Å². The summed E-state index contributed by atoms with van der Waals surface area (Å²) in [6.45, 7) is 7.92. The van der Waals surface area contributed by atoms with Gasteiger partial charge in [-0.3, -0.25) is 14.8 Å². The van der Waals surface area contributed by atoms with Gasteiger partial charge in [0.2, 0.25) is 0 Å². The molecule has 0 radical (unpaired) electrons. The first-order valence-corrected chi connectivity index (χ1v) is 13.2. The highest BCUT2D eigenvalue weighted by molar-refractivity contribution is 7.11. The molecule has 1 aromatic carbocycles. The minimum absolute atomic E-state index is 0.183. The molecule has 3 aliphatic rings. The van der Waals surface area contributed by atoms with Gasteiger partial charge in [0.05, 0.1) is 25.9 Å². The molecule has 2 bridgehead atoms. The number of aromatic nitrogens is 1. The minimum atomic E-state index is -0.770. The van der Waals surface area contributed by atoms with Crippen molar-refractivity contribution < 1.29 is 18.7 Å². The van der Waals surface area contributed by atoms with Crippen molar-refractivity contribution >= 4 is 34.7 Å². The molecule has 5 rings (SSSR count). The zero-order chi connectivity index (χ0) is 25.4. The lowest BCUT2D eigenvalue weighted by Crippen LogP contribution is -2.66. The van der Waals surface area contributed by atoms with E-state index in [-0.39, 0.29) is 17.1 Å². The number of methoxy groups -OCH3 is 1. The topological polar surface area (TPSA) is 79.3 Å². The summed E-state index contributed by atoms with van der Waals surface area (Å²) in [5.41, 5.74) is 1.57. The van der Waals surface area contributed by atoms with Crippen molar-refractivity contribution in [2.75, 3.05) is 40.0 Å². The molecule has 36 heavy (non-hydrogen) atoms. The number of carbonyl (C=O) groups is 1. The highest BCUT2D eigenvalue weighted by Gasteiger charge is 2.41. The molecule has 2 saturated heterocycles. The summed E-state index contributed by atoms with van der Waals surface area (Å²) in [4.78, 5) is 27.3. The van der Waals surface area contributed by atoms with Crippen LogP contribution >= 0.6 is 22.9 Å². The fraction of sp³-hybridized carbons (Fsp3) is 0.480. The van der Waals surface area contributed by atoms with Crippen molar-refractivity contribution in [1.82, 2.24) is 20.1 Å². The Bertz CT molecular complexity index is 1170. The third-order valence-electron chi connectivity index (χ3n) is 6.94. The van der Waals surface area contributed by atoms with E-state index < -0.39 is 17.8 Å². The molecule has 0 aliphatic carbocycles. The largest absolute Gasteiger partial charge is 0.466 e. The maximum Gasteiger partial charge on any atom is 0.338 e. The number of nitrogens with zero attached hydrogens (tertiary/aromatic N) is 4. The molecule has 4 heterocycles. The van der Waals surface area contributed by atoms with Crippen molar-refractivity contribution in [2.45, 2.75) is 38.0 Å². The lowest BCUT2D eigenvalue weighted by atomic mass is 9.94. The summed E-state index contributed by atoms with van der Waals surface area (Å²) in [6.07, 6.45) is 1.70. The molecule has 0 spiro atoms. The maximum absolute atomic E-state index is 13.9. The fourth-order valence-corrected chi connectivity index (χ4v) is 5.95. The van der Waals surface area contributed by atoms with E-state index in [0.717, 1.165) is 13.1 Å². The number of fused-ring (bicyclic) bond motifs is 2. The van der Waals surface area contributed by atoms with E-state index in [9.17, 15) is 9.18 Å². The zero-order valence-electron chi connectivity index (χ0n) is 20.4. The quantitative estimate of drug-likeness (QED) is 0.571. The van der Waals surface area contributed by atoms with Gasteiger partial charge in [-0.25, -0.2) is 14.2 Å². The SMILES string of the molecule is COC(=O)C1=C(CN2C3COCC2CN(C(C)C)C3)NC(c2nccs2)=N[C@H]1c1ccc(F)cc1Cl. The molecule has 2 fully saturated rings. The molecule has 3 atom stereocenters. The predicted molar refractivity (Wildman–Crippen MR) is 137 cm³/mol. The summed E-state index contributed by atoms with van der Waals surface area (Å²) in [6, 6.07) is 4.17. The van der Waals surface area contributed by atoms with Crippen LogP contribution < -0.4 is 5.32 Å². The lowest BCUT2D eigenvalue weighted by Gasteiger charge is -2.51. The summed E-state index contributed by atoms with van der Waals surface area (Å²) < 4.78 is 25.0. The van der Waals surface area contributed by atoms with E-state index in [1.165, 1.54) is 30.6 Å². The van der Waals surface area contributed by atoms with E-state index in [2.05, 4.69) is 33.9 Å². The van der Waals surface area contributed by atoms with Crippen molar-refractivity contribution in [2.24, 2.45) is 4.99 Å². The molecule has 0 amide bonds. The first-order valence-electron chi connectivity index (χ1n) is 11.9. The monoisotopic (exact) mass is 533 g/mol. The molecular formula is C25H29ClFN5O3S. The Morgan fingerprint density at radius 3 is 2.69 bits per heavy atom. The Morgan fingerprint density at radius 2 is 2.08 bits per heavy atom. The van der Waals surface area contributed by atoms with Gasteiger partial charge in [-0.2, -0.15) is 0 Å². The second-order valence-electron chi connectivity index (χ2n) is 9.46. The van der Waals surface area contributed by atoms with E-state index in [1.807, 2.05) is 5.38 Å². The molecule has 192 valence electrons. The van der Waals surface area contributed by atoms with Gasteiger partial charge in [0, 0.05) is 65.6 Å². The van der Waals surface area contributed by atoms with Crippen LogP contribution in [0.3, 0.4) is 0 Å². The predicted octanol–water partition coefficient (Wildman–Crippen LogP) is 3.25. The number of hydrogen-bond acceptors (Lipinski definition) is 9. The molecule has 2 unspecified atom stereocenters. The van der Waals surface area contributed by atoms with Gasteiger partial charge in [0.1, 0.15) is 11.9 Å². The Balaban J connectivity index is 1.57. The van der Waals surface area contributed by atoms with Gasteiger partial charge in [-0.15, -0.1) is 11.3 Å². The summed E-state index contributed by atoms with van der Waals surface area (Å²) in [5.74, 6) is -0.422. The molecular weight excluding hydrogens is 505 g/mol. The van der Waals surface area contributed by atoms with Crippen LogP contribution in [0.25, 0.3) is 0 Å². The van der Waals surface area contributed by atoms with Crippen LogP contribution in [0.1, 0.15) is 30.5 Å². The Hall–Kier alpha value is -2.37. The van der Waals surface area contributed by atoms with Crippen LogP contribution in [-0.2, 0) is 14.3 Å². The number of benzene rings is 1. The maximum atomic E-state index is 13.9. The molecule has 1 aromatic heterocycles. The van der Waals surface area contributed by atoms with Crippen molar-refractivity contribution in [3.8, 4) is 0 Å². The van der Waals surface area contributed by atoms with Crippen LogP contribution in [0.15, 0.2) is 46.0 Å². The lowest BCUT2D eigenvalue weighted by molar-refractivity contribution is -0.136. The number of piperazine rings is 1. The van der Waals surface area contributed by atoms with Gasteiger partial charge >= 0.3 is 5.97 Å². The summed E-state index contributed by atoms with van der Waals surface area (Å²) >= 11 is 7.90. The van der Waals surface area contributed by atoms with Crippen LogP contribution in [0.2, 0.25) is 5.02 Å². The van der Waals surface area contributed by atoms with E-state index in [4.69, 9.17) is 26.1 Å². The molecule has 11 heteroatoms. The first kappa shape index (κ1) is 25.3. The standard InChI is InChI=1S/C25H29ClFN5O3S/c1-14(2)31-9-16-12-35-13-17(10-31)32(16)11-20-21(25(33)34-3)22(18-5-4-15(27)8-19(18)26)30-23(29-20)24-28-6-7-36-24/h4-8,14,16-17,22H,9-13H2,1-3H3,(H,29,30)/t16?,17?,22-/m0/s1. The number of halogens is 2. The number of esters is 1. The van der Waals surface area contributed by atoms with Crippen molar-refractivity contribution in [3.63, 3.8) is 0 Å². The smallest absolute Gasteiger partial charge is 0.338 e. The number of rotatable bonds is 6. The van der Waals surface area contributed by atoms with Crippen LogP contribution in [0, 0.1) is 5.82 Å². The summed E-state index contributed by atoms with van der Waals surface area (Å²) in [7, 11) is 1.35. The third-order valence-corrected chi connectivity index (χ3v) is 8.05. The van der Waals surface area contributed by atoms with Gasteiger partial charge in [0.25, 0.3) is 0 Å². The van der Waals surface area contributed by atoms with Gasteiger partial charge < -0.3 is 14.8 Å². The van der Waals surface area contributed by atoms with Crippen LogP contribution in [0.5, 0.6) is 0 Å². The van der Waals surface area contributed by atoms with E-state index in [1.54, 1.807) is 12.3 Å². The number of nitrogens with one attached hydrogen (secondary N) is 1. The molecule has 8 nitrogen and oxygen atoms in total. The minimum Gasteiger partial charge on any atom is -0.466 e. The van der Waals surface area contributed by atoms with Gasteiger partial charge in [0.15, 0.2) is 10.8 Å². The molecule has 1 N–H and O–H groups in total. The first-order chi connectivity index (χ1) is 17.4. The average molecular weight is 534 g/mol. The van der Waals surface area contributed by atoms with Crippen LogP contribution in [-0.4, -0.2) is 84.7 Å². The normalized spacial score (nSPS) is 25.1. The van der Waals surface area contributed by atoms with E-state index >= 15 is 0 Å². The Kier molecular flexibility index (Phi) is 7.41. The van der Waals surface area contributed by atoms with Crippen molar-refractivity contribution in [3.05, 3.63) is 62.5 Å². The number of hydrogen-bond donors (Lipinski definition) is 1. The fourth-order valence-electron chi connectivity index (χ4n) is 5.09. The van der Waals surface area contributed by atoms with Gasteiger partial charge in [-0.1, -0.05) is 17.7 Å². The second kappa shape index (κ2) is 10.5. The van der Waals surface area contributed by atoms with Crippen LogP contribution in [0.4, 0.5) is 4.39 Å². The zero-order valence-corrected chi connectivity index (χ0v) is 22.0. The number of aliphatic imine (C=N–C) groups is 1. The Morgan fingerprint density at radius 1 is 1.33 bits per heavy atom. The summed E-state index contributed by atoms with van der Waals surface area (Å²) in [5, 5.41) is 6.14. The van der Waals surface area contributed by atoms with E-state index in [0.29, 0.717) is 53.5 Å². The number of amidine groups is 1.